The lowest BCUT2D eigenvalue weighted by molar-refractivity contribution is -0.0494. The third kappa shape index (κ3) is 3.19. The molecule has 0 aliphatic carbocycles. The van der Waals surface area contributed by atoms with Crippen LogP contribution < -0.4 is 14.8 Å². The minimum atomic E-state index is -3.01. The third-order valence-corrected chi connectivity index (χ3v) is 2.28. The molecule has 2 rings (SSSR count). The molecule has 7 nitrogen and oxygen atoms in total. The Kier molecular flexibility index (Phi) is 4.08. The third-order valence-electron chi connectivity index (χ3n) is 2.28. The van der Waals surface area contributed by atoms with Gasteiger partial charge in [0.2, 0.25) is 5.82 Å². The van der Waals surface area contributed by atoms with E-state index in [4.69, 9.17) is 4.74 Å². The number of amides is 1. The van der Waals surface area contributed by atoms with Crippen molar-refractivity contribution in [2.45, 2.75) is 6.61 Å². The predicted molar refractivity (Wildman–Crippen MR) is 64.0 cm³/mol. The van der Waals surface area contributed by atoms with Gasteiger partial charge >= 0.3 is 6.61 Å². The van der Waals surface area contributed by atoms with Crippen LogP contribution in [0, 0.1) is 0 Å². The molecule has 0 fully saturated rings. The Bertz CT molecular complexity index is 589. The average Bonchev–Trinajstić information content (AvgIpc) is 2.94. The molecule has 1 heterocycles. The zero-order chi connectivity index (χ0) is 14.5. The van der Waals surface area contributed by atoms with Crippen LogP contribution in [-0.4, -0.2) is 34.8 Å². The van der Waals surface area contributed by atoms with Crippen molar-refractivity contribution in [2.75, 3.05) is 12.4 Å². The van der Waals surface area contributed by atoms with Gasteiger partial charge in [-0.05, 0) is 12.1 Å². The number of benzene rings is 1. The van der Waals surface area contributed by atoms with Crippen LogP contribution >= 0.6 is 0 Å². The molecule has 0 aliphatic heterocycles. The topological polar surface area (TPSA) is 89.1 Å². The van der Waals surface area contributed by atoms with Gasteiger partial charge in [0, 0.05) is 6.07 Å². The fourth-order valence-electron chi connectivity index (χ4n) is 1.43. The number of carbonyl (C=O) groups is 1. The first-order valence-electron chi connectivity index (χ1n) is 5.39. The lowest BCUT2D eigenvalue weighted by atomic mass is 10.2. The Morgan fingerprint density at radius 3 is 2.85 bits per heavy atom. The SMILES string of the molecule is COc1ccc(OC(F)F)c(NC(=O)c2ncn[nH]2)c1. The van der Waals surface area contributed by atoms with E-state index in [-0.39, 0.29) is 17.3 Å². The van der Waals surface area contributed by atoms with E-state index in [1.807, 2.05) is 0 Å². The molecule has 1 aromatic heterocycles. The number of nitrogens with zero attached hydrogens (tertiary/aromatic N) is 2. The number of aromatic amines is 1. The Labute approximate surface area is 111 Å². The summed E-state index contributed by atoms with van der Waals surface area (Å²) < 4.78 is 33.9. The second-order valence-corrected chi connectivity index (χ2v) is 3.53. The van der Waals surface area contributed by atoms with Crippen molar-refractivity contribution in [1.29, 1.82) is 0 Å². The Morgan fingerprint density at radius 2 is 2.25 bits per heavy atom. The molecule has 0 atom stereocenters. The Hall–Kier alpha value is -2.71. The molecule has 106 valence electrons. The molecule has 9 heteroatoms. The molecule has 0 radical (unpaired) electrons. The van der Waals surface area contributed by atoms with E-state index < -0.39 is 12.5 Å². The van der Waals surface area contributed by atoms with Crippen LogP contribution in [0.15, 0.2) is 24.5 Å². The van der Waals surface area contributed by atoms with E-state index in [0.717, 1.165) is 6.33 Å². The molecule has 1 aromatic carbocycles. The second-order valence-electron chi connectivity index (χ2n) is 3.53. The van der Waals surface area contributed by atoms with Crippen LogP contribution in [0.2, 0.25) is 0 Å². The molecule has 0 bridgehead atoms. The molecular weight excluding hydrogens is 274 g/mol. The van der Waals surface area contributed by atoms with E-state index in [0.29, 0.717) is 5.75 Å². The van der Waals surface area contributed by atoms with Crippen LogP contribution in [0.3, 0.4) is 0 Å². The number of halogens is 2. The summed E-state index contributed by atoms with van der Waals surface area (Å²) in [6, 6.07) is 4.05. The highest BCUT2D eigenvalue weighted by Crippen LogP contribution is 2.30. The lowest BCUT2D eigenvalue weighted by Gasteiger charge is -2.12. The Morgan fingerprint density at radius 1 is 1.45 bits per heavy atom. The molecular formula is C11H10F2N4O3. The van der Waals surface area contributed by atoms with Crippen molar-refractivity contribution < 1.29 is 23.0 Å². The highest BCUT2D eigenvalue weighted by Gasteiger charge is 2.15. The van der Waals surface area contributed by atoms with E-state index in [1.165, 1.54) is 25.3 Å². The Balaban J connectivity index is 2.25. The van der Waals surface area contributed by atoms with Crippen molar-refractivity contribution in [3.8, 4) is 11.5 Å². The maximum absolute atomic E-state index is 12.3. The summed E-state index contributed by atoms with van der Waals surface area (Å²) in [5, 5.41) is 8.25. The number of hydrogen-bond donors (Lipinski definition) is 2. The molecule has 0 saturated carbocycles. The summed E-state index contributed by atoms with van der Waals surface area (Å²) in [6.07, 6.45) is 1.15. The standard InChI is InChI=1S/C11H10F2N4O3/c1-19-6-2-3-8(20-11(12)13)7(4-6)16-10(18)9-14-5-15-17-9/h2-5,11H,1H3,(H,16,18)(H,14,15,17). The van der Waals surface area contributed by atoms with Crippen LogP contribution in [0.25, 0.3) is 0 Å². The fourth-order valence-corrected chi connectivity index (χ4v) is 1.43. The number of alkyl halides is 2. The van der Waals surface area contributed by atoms with Crippen LogP contribution in [-0.2, 0) is 0 Å². The number of ether oxygens (including phenoxy) is 2. The van der Waals surface area contributed by atoms with Gasteiger partial charge in [-0.1, -0.05) is 0 Å². The number of rotatable bonds is 5. The molecule has 0 spiro atoms. The highest BCUT2D eigenvalue weighted by molar-refractivity contribution is 6.02. The summed E-state index contributed by atoms with van der Waals surface area (Å²) in [5.41, 5.74) is 0.0334. The first kappa shape index (κ1) is 13.7. The quantitative estimate of drug-likeness (QED) is 0.871. The van der Waals surface area contributed by atoms with Gasteiger partial charge in [-0.15, -0.1) is 0 Å². The van der Waals surface area contributed by atoms with Crippen molar-refractivity contribution >= 4 is 11.6 Å². The molecule has 0 unspecified atom stereocenters. The van der Waals surface area contributed by atoms with E-state index in [2.05, 4.69) is 25.2 Å². The number of aromatic nitrogens is 3. The average molecular weight is 284 g/mol. The normalized spacial score (nSPS) is 10.4. The van der Waals surface area contributed by atoms with Gasteiger partial charge in [-0.2, -0.15) is 13.9 Å². The predicted octanol–water partition coefficient (Wildman–Crippen LogP) is 1.67. The molecule has 0 saturated heterocycles. The smallest absolute Gasteiger partial charge is 0.387 e. The van der Waals surface area contributed by atoms with Crippen molar-refractivity contribution in [1.82, 2.24) is 15.2 Å². The van der Waals surface area contributed by atoms with Crippen LogP contribution in [0.4, 0.5) is 14.5 Å². The number of nitrogens with one attached hydrogen (secondary N) is 2. The molecule has 20 heavy (non-hydrogen) atoms. The van der Waals surface area contributed by atoms with E-state index >= 15 is 0 Å². The maximum atomic E-state index is 12.3. The molecule has 0 aliphatic rings. The van der Waals surface area contributed by atoms with E-state index in [9.17, 15) is 13.6 Å². The fraction of sp³-hybridized carbons (Fsp3) is 0.182. The zero-order valence-electron chi connectivity index (χ0n) is 10.3. The summed E-state index contributed by atoms with van der Waals surface area (Å²) in [5.74, 6) is -0.515. The molecule has 2 N–H and O–H groups in total. The van der Waals surface area contributed by atoms with Gasteiger partial charge in [0.05, 0.1) is 12.8 Å². The number of anilines is 1. The van der Waals surface area contributed by atoms with Gasteiger partial charge < -0.3 is 14.8 Å². The summed E-state index contributed by atoms with van der Waals surface area (Å²) in [4.78, 5) is 15.4. The van der Waals surface area contributed by atoms with Gasteiger partial charge in [0.25, 0.3) is 5.91 Å². The number of hydrogen-bond acceptors (Lipinski definition) is 5. The minimum absolute atomic E-state index is 0.0334. The van der Waals surface area contributed by atoms with Gasteiger partial charge in [-0.25, -0.2) is 4.98 Å². The lowest BCUT2D eigenvalue weighted by Crippen LogP contribution is -2.15. The highest BCUT2D eigenvalue weighted by atomic mass is 19.3. The van der Waals surface area contributed by atoms with Gasteiger partial charge in [0.15, 0.2) is 0 Å². The van der Waals surface area contributed by atoms with Crippen molar-refractivity contribution in [3.05, 3.63) is 30.4 Å². The molecule has 2 aromatic rings. The largest absolute Gasteiger partial charge is 0.497 e. The van der Waals surface area contributed by atoms with Crippen LogP contribution in [0.5, 0.6) is 11.5 Å². The number of methoxy groups -OCH3 is 1. The monoisotopic (exact) mass is 284 g/mol. The number of H-pyrrole nitrogens is 1. The van der Waals surface area contributed by atoms with Crippen LogP contribution in [0.1, 0.15) is 10.6 Å². The van der Waals surface area contributed by atoms with Crippen molar-refractivity contribution in [2.24, 2.45) is 0 Å². The first-order valence-corrected chi connectivity index (χ1v) is 5.39. The van der Waals surface area contributed by atoms with E-state index in [1.54, 1.807) is 0 Å². The second kappa shape index (κ2) is 5.95. The zero-order valence-corrected chi connectivity index (χ0v) is 10.3. The van der Waals surface area contributed by atoms with Gasteiger partial charge in [-0.3, -0.25) is 9.89 Å². The minimum Gasteiger partial charge on any atom is -0.497 e. The summed E-state index contributed by atoms with van der Waals surface area (Å²) >= 11 is 0. The maximum Gasteiger partial charge on any atom is 0.387 e. The molecule has 1 amide bonds. The summed E-state index contributed by atoms with van der Waals surface area (Å²) in [6.45, 7) is -3.01. The number of carbonyl (C=O) groups excluding carboxylic acids is 1. The van der Waals surface area contributed by atoms with Gasteiger partial charge in [0.1, 0.15) is 17.8 Å². The summed E-state index contributed by atoms with van der Waals surface area (Å²) in [7, 11) is 1.41. The first-order chi connectivity index (χ1) is 9.60. The van der Waals surface area contributed by atoms with Crippen molar-refractivity contribution in [3.63, 3.8) is 0 Å².